The number of rotatable bonds is 9. The number of nitrogens with zero attached hydrogens (tertiary/aromatic N) is 4. The van der Waals surface area contributed by atoms with Gasteiger partial charge in [-0.1, -0.05) is 6.07 Å². The van der Waals surface area contributed by atoms with Gasteiger partial charge in [0.05, 0.1) is 37.9 Å². The molecule has 184 valence electrons. The highest BCUT2D eigenvalue weighted by Crippen LogP contribution is 2.31. The Morgan fingerprint density at radius 3 is 2.83 bits per heavy atom. The summed E-state index contributed by atoms with van der Waals surface area (Å²) in [5.74, 6) is 1.28. The summed E-state index contributed by atoms with van der Waals surface area (Å²) in [5, 5.41) is 17.5. The quantitative estimate of drug-likeness (QED) is 0.462. The number of carbonyl (C=O) groups is 2. The van der Waals surface area contributed by atoms with E-state index in [0.717, 1.165) is 31.4 Å². The van der Waals surface area contributed by atoms with Crippen molar-refractivity contribution >= 4 is 23.4 Å². The van der Waals surface area contributed by atoms with Crippen molar-refractivity contribution in [3.63, 3.8) is 0 Å². The van der Waals surface area contributed by atoms with Gasteiger partial charge >= 0.3 is 6.03 Å². The first-order valence-corrected chi connectivity index (χ1v) is 11.6. The van der Waals surface area contributed by atoms with Gasteiger partial charge in [0.25, 0.3) is 0 Å². The van der Waals surface area contributed by atoms with Crippen LogP contribution in [0.15, 0.2) is 30.6 Å². The van der Waals surface area contributed by atoms with Crippen LogP contribution >= 0.6 is 0 Å². The third-order valence-corrected chi connectivity index (χ3v) is 5.86. The molecule has 2 heterocycles. The topological polar surface area (TPSA) is 142 Å². The number of amides is 3. The lowest BCUT2D eigenvalue weighted by atomic mass is 10.1. The summed E-state index contributed by atoms with van der Waals surface area (Å²) in [6.45, 7) is 3.34. The third kappa shape index (κ3) is 6.88. The molecule has 0 bridgehead atoms. The molecule has 0 unspecified atom stereocenters. The van der Waals surface area contributed by atoms with Crippen LogP contribution < -0.4 is 20.7 Å². The number of hydrogen-bond acceptors (Lipinski definition) is 8. The number of methoxy groups -OCH3 is 1. The summed E-state index contributed by atoms with van der Waals surface area (Å²) in [6.07, 6.45) is 5.41. The van der Waals surface area contributed by atoms with Crippen molar-refractivity contribution in [3.8, 4) is 11.8 Å². The number of nitriles is 1. The first-order chi connectivity index (χ1) is 17.1. The number of morpholine rings is 1. The van der Waals surface area contributed by atoms with Crippen LogP contribution in [0.3, 0.4) is 0 Å². The Balaban J connectivity index is 1.22. The summed E-state index contributed by atoms with van der Waals surface area (Å²) < 4.78 is 11.3. The number of ether oxygens (including phenoxy) is 2. The van der Waals surface area contributed by atoms with Gasteiger partial charge in [-0.3, -0.25) is 10.1 Å². The molecule has 11 heteroatoms. The largest absolute Gasteiger partial charge is 0.495 e. The Kier molecular flexibility index (Phi) is 8.07. The zero-order valence-electron chi connectivity index (χ0n) is 19.6. The zero-order chi connectivity index (χ0) is 24.6. The Morgan fingerprint density at radius 2 is 2.11 bits per heavy atom. The van der Waals surface area contributed by atoms with Crippen LogP contribution in [0.5, 0.6) is 5.75 Å². The van der Waals surface area contributed by atoms with Crippen LogP contribution in [-0.2, 0) is 16.0 Å². The lowest BCUT2D eigenvalue weighted by molar-refractivity contribution is -0.139. The van der Waals surface area contributed by atoms with Crippen molar-refractivity contribution in [3.05, 3.63) is 41.9 Å². The number of anilines is 2. The average molecular weight is 480 g/mol. The van der Waals surface area contributed by atoms with Crippen molar-refractivity contribution in [2.45, 2.75) is 25.4 Å². The molecule has 1 saturated heterocycles. The van der Waals surface area contributed by atoms with Gasteiger partial charge in [-0.05, 0) is 43.5 Å². The molecule has 1 saturated carbocycles. The molecule has 2 fully saturated rings. The second-order valence-electron chi connectivity index (χ2n) is 8.52. The molecule has 4 rings (SSSR count). The van der Waals surface area contributed by atoms with Crippen LogP contribution in [0.2, 0.25) is 0 Å². The van der Waals surface area contributed by atoms with E-state index in [0.29, 0.717) is 37.7 Å². The molecule has 0 radical (unpaired) electrons. The minimum atomic E-state index is -0.501. The maximum atomic E-state index is 12.3. The highest BCUT2D eigenvalue weighted by molar-refractivity contribution is 6.00. The Bertz CT molecular complexity index is 1080. The van der Waals surface area contributed by atoms with E-state index in [2.05, 4.69) is 25.9 Å². The molecule has 0 spiro atoms. The van der Waals surface area contributed by atoms with Gasteiger partial charge in [-0.2, -0.15) is 5.26 Å². The van der Waals surface area contributed by atoms with Crippen molar-refractivity contribution in [1.82, 2.24) is 20.2 Å². The van der Waals surface area contributed by atoms with Gasteiger partial charge < -0.3 is 25.0 Å². The molecule has 35 heavy (non-hydrogen) atoms. The molecule has 11 nitrogen and oxygen atoms in total. The Labute approximate surface area is 203 Å². The molecule has 3 N–H and O–H groups in total. The summed E-state index contributed by atoms with van der Waals surface area (Å²) in [5.41, 5.74) is 1.73. The molecular formula is C24H29N7O4. The van der Waals surface area contributed by atoms with E-state index in [9.17, 15) is 9.59 Å². The SMILES string of the molecule is COc1cc(CCNC[C@H]2CN(C(=O)C3CC3)CCO2)ccc1NC(=O)Nc1cnc(C#N)cn1. The molecule has 1 atom stereocenters. The van der Waals surface area contributed by atoms with Crippen molar-refractivity contribution in [2.75, 3.05) is 50.5 Å². The Morgan fingerprint density at radius 1 is 1.26 bits per heavy atom. The summed E-state index contributed by atoms with van der Waals surface area (Å²) >= 11 is 0. The van der Waals surface area contributed by atoms with Crippen LogP contribution in [0.1, 0.15) is 24.1 Å². The number of urea groups is 1. The summed E-state index contributed by atoms with van der Waals surface area (Å²) in [7, 11) is 1.54. The van der Waals surface area contributed by atoms with Gasteiger partial charge in [-0.25, -0.2) is 14.8 Å². The lowest BCUT2D eigenvalue weighted by Gasteiger charge is -2.33. The summed E-state index contributed by atoms with van der Waals surface area (Å²) in [4.78, 5) is 34.4. The fourth-order valence-corrected chi connectivity index (χ4v) is 3.84. The fourth-order valence-electron chi connectivity index (χ4n) is 3.84. The van der Waals surface area contributed by atoms with Crippen LogP contribution in [-0.4, -0.2) is 72.8 Å². The van der Waals surface area contributed by atoms with E-state index in [4.69, 9.17) is 14.7 Å². The number of carbonyl (C=O) groups excluding carboxylic acids is 2. The molecule has 1 aromatic carbocycles. The molecular weight excluding hydrogens is 450 g/mol. The van der Waals surface area contributed by atoms with Gasteiger partial charge in [0, 0.05) is 25.6 Å². The second kappa shape index (κ2) is 11.6. The van der Waals surface area contributed by atoms with Crippen molar-refractivity contribution < 1.29 is 19.1 Å². The van der Waals surface area contributed by atoms with E-state index in [1.54, 1.807) is 13.2 Å². The maximum Gasteiger partial charge on any atom is 0.324 e. The third-order valence-electron chi connectivity index (χ3n) is 5.86. The number of hydrogen-bond donors (Lipinski definition) is 3. The predicted octanol–water partition coefficient (Wildman–Crippen LogP) is 1.77. The average Bonchev–Trinajstić information content (AvgIpc) is 3.73. The standard InChI is InChI=1S/C24H29N7O4/c1-34-21-10-16(2-5-20(21)29-24(33)30-22-14-27-18(11-25)12-28-22)6-7-26-13-19-15-31(8-9-35-19)23(32)17-3-4-17/h2,5,10,12,14,17,19,26H,3-4,6-9,13,15H2,1H3,(H2,28,29,30,33)/t19-/m0/s1. The van der Waals surface area contributed by atoms with Gasteiger partial charge in [0.1, 0.15) is 11.8 Å². The van der Waals surface area contributed by atoms with E-state index in [1.165, 1.54) is 12.4 Å². The zero-order valence-corrected chi connectivity index (χ0v) is 19.6. The number of aromatic nitrogens is 2. The van der Waals surface area contributed by atoms with Crippen LogP contribution in [0, 0.1) is 17.2 Å². The van der Waals surface area contributed by atoms with E-state index < -0.39 is 6.03 Å². The van der Waals surface area contributed by atoms with Crippen molar-refractivity contribution in [2.24, 2.45) is 5.92 Å². The monoisotopic (exact) mass is 479 g/mol. The molecule has 2 aliphatic rings. The second-order valence-corrected chi connectivity index (χ2v) is 8.52. The number of nitrogens with one attached hydrogen (secondary N) is 3. The molecule has 1 aliphatic heterocycles. The van der Waals surface area contributed by atoms with E-state index >= 15 is 0 Å². The minimum absolute atomic E-state index is 0.00636. The normalized spacial score (nSPS) is 17.4. The van der Waals surface area contributed by atoms with Crippen molar-refractivity contribution in [1.29, 1.82) is 5.26 Å². The molecule has 3 amide bonds. The van der Waals surface area contributed by atoms with Crippen LogP contribution in [0.25, 0.3) is 0 Å². The number of benzene rings is 1. The van der Waals surface area contributed by atoms with Gasteiger partial charge in [0.15, 0.2) is 11.5 Å². The molecule has 1 aliphatic carbocycles. The first-order valence-electron chi connectivity index (χ1n) is 11.6. The lowest BCUT2D eigenvalue weighted by Crippen LogP contribution is -2.49. The van der Waals surface area contributed by atoms with E-state index in [-0.39, 0.29) is 29.4 Å². The Hall–Kier alpha value is -3.75. The molecule has 1 aromatic heterocycles. The fraction of sp³-hybridized carbons (Fsp3) is 0.458. The van der Waals surface area contributed by atoms with Gasteiger partial charge in [-0.15, -0.1) is 0 Å². The maximum absolute atomic E-state index is 12.3. The van der Waals surface area contributed by atoms with E-state index in [1.807, 2.05) is 23.1 Å². The highest BCUT2D eigenvalue weighted by atomic mass is 16.5. The first kappa shape index (κ1) is 24.4. The summed E-state index contributed by atoms with van der Waals surface area (Å²) in [6, 6.07) is 6.96. The highest BCUT2D eigenvalue weighted by Gasteiger charge is 2.35. The predicted molar refractivity (Wildman–Crippen MR) is 128 cm³/mol. The smallest absolute Gasteiger partial charge is 0.324 e. The molecule has 2 aromatic rings. The van der Waals surface area contributed by atoms with Crippen LogP contribution in [0.4, 0.5) is 16.3 Å². The minimum Gasteiger partial charge on any atom is -0.495 e. The van der Waals surface area contributed by atoms with Gasteiger partial charge in [0.2, 0.25) is 5.91 Å².